The summed E-state index contributed by atoms with van der Waals surface area (Å²) in [6.07, 6.45) is 4.90. The molecule has 0 unspecified atom stereocenters. The fourth-order valence-electron chi connectivity index (χ4n) is 3.12. The molecule has 24 heavy (non-hydrogen) atoms. The van der Waals surface area contributed by atoms with E-state index in [1.807, 2.05) is 37.5 Å². The van der Waals surface area contributed by atoms with Gasteiger partial charge in [-0.2, -0.15) is 0 Å². The van der Waals surface area contributed by atoms with E-state index in [9.17, 15) is 5.11 Å². The maximum atomic E-state index is 10.4. The lowest BCUT2D eigenvalue weighted by Gasteiger charge is -2.36. The standard InChI is InChI=1S/C18H22N4O2/c1-14-10-15(12-20-24)18(23)16(11-14)13-21-6-8-22(9-7-21)17-2-4-19-5-3-17/h2-5,10-12,23-24H,6-9,13H2,1H3/b20-12+. The van der Waals surface area contributed by atoms with Gasteiger partial charge in [-0.15, -0.1) is 0 Å². The second-order valence-corrected chi connectivity index (χ2v) is 6.08. The van der Waals surface area contributed by atoms with E-state index in [1.165, 1.54) is 11.9 Å². The summed E-state index contributed by atoms with van der Waals surface area (Å²) in [6.45, 7) is 6.41. The predicted octanol–water partition coefficient (Wildman–Crippen LogP) is 2.23. The summed E-state index contributed by atoms with van der Waals surface area (Å²) in [4.78, 5) is 8.73. The van der Waals surface area contributed by atoms with E-state index in [4.69, 9.17) is 5.21 Å². The number of phenols is 1. The molecule has 2 heterocycles. The van der Waals surface area contributed by atoms with Crippen molar-refractivity contribution in [3.8, 4) is 5.75 Å². The number of aromatic nitrogens is 1. The largest absolute Gasteiger partial charge is 0.507 e. The van der Waals surface area contributed by atoms with Crippen molar-refractivity contribution in [2.45, 2.75) is 13.5 Å². The average molecular weight is 326 g/mol. The third-order valence-electron chi connectivity index (χ3n) is 4.35. The van der Waals surface area contributed by atoms with Crippen LogP contribution >= 0.6 is 0 Å². The van der Waals surface area contributed by atoms with Crippen molar-refractivity contribution in [2.75, 3.05) is 31.1 Å². The number of aryl methyl sites for hydroxylation is 1. The highest BCUT2D eigenvalue weighted by Gasteiger charge is 2.19. The molecule has 0 aliphatic carbocycles. The quantitative estimate of drug-likeness (QED) is 0.512. The van der Waals surface area contributed by atoms with Gasteiger partial charge in [0.05, 0.1) is 6.21 Å². The summed E-state index contributed by atoms with van der Waals surface area (Å²) in [5, 5.41) is 22.1. The topological polar surface area (TPSA) is 72.2 Å². The first-order chi connectivity index (χ1) is 11.7. The van der Waals surface area contributed by atoms with Gasteiger partial charge in [0, 0.05) is 61.9 Å². The van der Waals surface area contributed by atoms with Gasteiger partial charge in [-0.05, 0) is 30.7 Å². The number of pyridine rings is 1. The zero-order valence-corrected chi connectivity index (χ0v) is 13.8. The van der Waals surface area contributed by atoms with Gasteiger partial charge in [-0.3, -0.25) is 9.88 Å². The van der Waals surface area contributed by atoms with E-state index < -0.39 is 0 Å². The van der Waals surface area contributed by atoms with E-state index in [2.05, 4.69) is 19.9 Å². The monoisotopic (exact) mass is 326 g/mol. The zero-order chi connectivity index (χ0) is 16.9. The van der Waals surface area contributed by atoms with Crippen molar-refractivity contribution in [3.05, 3.63) is 53.3 Å². The van der Waals surface area contributed by atoms with Gasteiger partial charge in [0.15, 0.2) is 0 Å². The SMILES string of the molecule is Cc1cc(/C=N/O)c(O)c(CN2CCN(c3ccncc3)CC2)c1. The summed E-state index contributed by atoms with van der Waals surface area (Å²) in [5.74, 6) is 0.190. The first-order valence-electron chi connectivity index (χ1n) is 8.04. The second kappa shape index (κ2) is 7.31. The smallest absolute Gasteiger partial charge is 0.128 e. The van der Waals surface area contributed by atoms with Crippen LogP contribution in [0.1, 0.15) is 16.7 Å². The number of hydrogen-bond donors (Lipinski definition) is 2. The Bertz CT molecular complexity index is 710. The van der Waals surface area contributed by atoms with Crippen LogP contribution in [-0.2, 0) is 6.54 Å². The molecule has 0 amide bonds. The normalized spacial score (nSPS) is 16.0. The van der Waals surface area contributed by atoms with Crippen LogP contribution in [0.3, 0.4) is 0 Å². The maximum Gasteiger partial charge on any atom is 0.128 e. The van der Waals surface area contributed by atoms with Crippen LogP contribution < -0.4 is 4.90 Å². The molecular formula is C18H22N4O2. The van der Waals surface area contributed by atoms with Crippen LogP contribution in [0.25, 0.3) is 0 Å². The Morgan fingerprint density at radius 2 is 1.88 bits per heavy atom. The molecule has 0 atom stereocenters. The van der Waals surface area contributed by atoms with Crippen molar-refractivity contribution in [1.82, 2.24) is 9.88 Å². The van der Waals surface area contributed by atoms with Gasteiger partial charge in [-0.25, -0.2) is 0 Å². The number of benzene rings is 1. The summed E-state index contributed by atoms with van der Waals surface area (Å²) in [6, 6.07) is 7.85. The first kappa shape index (κ1) is 16.3. The molecule has 3 rings (SSSR count). The number of oxime groups is 1. The Morgan fingerprint density at radius 3 is 2.54 bits per heavy atom. The highest BCUT2D eigenvalue weighted by atomic mass is 16.4. The van der Waals surface area contributed by atoms with Crippen LogP contribution in [0.2, 0.25) is 0 Å². The highest BCUT2D eigenvalue weighted by molar-refractivity contribution is 5.84. The molecule has 0 bridgehead atoms. The van der Waals surface area contributed by atoms with Gasteiger partial charge in [0.25, 0.3) is 0 Å². The molecule has 0 saturated carbocycles. The number of aromatic hydroxyl groups is 1. The van der Waals surface area contributed by atoms with E-state index in [1.54, 1.807) is 6.07 Å². The Kier molecular flexibility index (Phi) is 4.96. The fourth-order valence-corrected chi connectivity index (χ4v) is 3.12. The zero-order valence-electron chi connectivity index (χ0n) is 13.8. The van der Waals surface area contributed by atoms with E-state index in [0.29, 0.717) is 12.1 Å². The summed E-state index contributed by atoms with van der Waals surface area (Å²) < 4.78 is 0. The van der Waals surface area contributed by atoms with Crippen LogP contribution in [0.5, 0.6) is 5.75 Å². The first-order valence-corrected chi connectivity index (χ1v) is 8.04. The van der Waals surface area contributed by atoms with E-state index >= 15 is 0 Å². The van der Waals surface area contributed by atoms with Crippen molar-refractivity contribution in [3.63, 3.8) is 0 Å². The summed E-state index contributed by atoms with van der Waals surface area (Å²) >= 11 is 0. The Morgan fingerprint density at radius 1 is 1.17 bits per heavy atom. The molecular weight excluding hydrogens is 304 g/mol. The molecule has 1 aliphatic rings. The molecule has 6 heteroatoms. The minimum Gasteiger partial charge on any atom is -0.507 e. The van der Waals surface area contributed by atoms with Crippen LogP contribution in [-0.4, -0.2) is 52.6 Å². The lowest BCUT2D eigenvalue weighted by molar-refractivity contribution is 0.246. The van der Waals surface area contributed by atoms with Gasteiger partial charge in [0.2, 0.25) is 0 Å². The Balaban J connectivity index is 1.66. The molecule has 1 aromatic heterocycles. The molecule has 1 aliphatic heterocycles. The van der Waals surface area contributed by atoms with Crippen molar-refractivity contribution < 1.29 is 10.3 Å². The van der Waals surface area contributed by atoms with Crippen molar-refractivity contribution in [2.24, 2.45) is 5.16 Å². The number of rotatable bonds is 4. The molecule has 126 valence electrons. The molecule has 1 aromatic carbocycles. The van der Waals surface area contributed by atoms with E-state index in [0.717, 1.165) is 37.3 Å². The number of piperazine rings is 1. The summed E-state index contributed by atoms with van der Waals surface area (Å²) in [7, 11) is 0. The number of nitrogens with zero attached hydrogens (tertiary/aromatic N) is 4. The minimum atomic E-state index is 0.190. The molecule has 2 aromatic rings. The van der Waals surface area contributed by atoms with Gasteiger partial charge < -0.3 is 15.2 Å². The number of phenolic OH excluding ortho intramolecular Hbond substituents is 1. The number of anilines is 1. The minimum absolute atomic E-state index is 0.190. The Labute approximate surface area is 141 Å². The molecule has 1 saturated heterocycles. The predicted molar refractivity (Wildman–Crippen MR) is 94.0 cm³/mol. The van der Waals surface area contributed by atoms with E-state index in [-0.39, 0.29) is 5.75 Å². The fraction of sp³-hybridized carbons (Fsp3) is 0.333. The van der Waals surface area contributed by atoms with Gasteiger partial charge in [-0.1, -0.05) is 11.2 Å². The molecule has 1 fully saturated rings. The molecule has 6 nitrogen and oxygen atoms in total. The second-order valence-electron chi connectivity index (χ2n) is 6.08. The number of hydrogen-bond acceptors (Lipinski definition) is 6. The Hall–Kier alpha value is -2.60. The molecule has 0 radical (unpaired) electrons. The van der Waals surface area contributed by atoms with Crippen molar-refractivity contribution >= 4 is 11.9 Å². The summed E-state index contributed by atoms with van der Waals surface area (Å²) in [5.41, 5.74) is 3.64. The van der Waals surface area contributed by atoms with Gasteiger partial charge >= 0.3 is 0 Å². The maximum absolute atomic E-state index is 10.4. The third kappa shape index (κ3) is 3.65. The van der Waals surface area contributed by atoms with Gasteiger partial charge in [0.1, 0.15) is 5.75 Å². The lowest BCUT2D eigenvalue weighted by Crippen LogP contribution is -2.46. The molecule has 0 spiro atoms. The highest BCUT2D eigenvalue weighted by Crippen LogP contribution is 2.25. The average Bonchev–Trinajstić information content (AvgIpc) is 2.60. The third-order valence-corrected chi connectivity index (χ3v) is 4.35. The van der Waals surface area contributed by atoms with Crippen molar-refractivity contribution in [1.29, 1.82) is 0 Å². The molecule has 2 N–H and O–H groups in total. The lowest BCUT2D eigenvalue weighted by atomic mass is 10.0. The van der Waals surface area contributed by atoms with Crippen LogP contribution in [0, 0.1) is 6.92 Å². The van der Waals surface area contributed by atoms with Crippen LogP contribution in [0.4, 0.5) is 5.69 Å². The van der Waals surface area contributed by atoms with Crippen LogP contribution in [0.15, 0.2) is 41.8 Å².